The molecule has 21 heavy (non-hydrogen) atoms. The smallest absolute Gasteiger partial charge is 0.227 e. The van der Waals surface area contributed by atoms with Gasteiger partial charge < -0.3 is 10.6 Å². The van der Waals surface area contributed by atoms with Crippen molar-refractivity contribution >= 4 is 11.8 Å². The zero-order valence-corrected chi connectivity index (χ0v) is 11.9. The summed E-state index contributed by atoms with van der Waals surface area (Å²) in [6.45, 7) is 1.08. The molecule has 2 N–H and O–H groups in total. The lowest BCUT2D eigenvalue weighted by atomic mass is 9.96. The zero-order valence-electron chi connectivity index (χ0n) is 11.9. The average molecular weight is 285 g/mol. The summed E-state index contributed by atoms with van der Waals surface area (Å²) in [6, 6.07) is 9.59. The van der Waals surface area contributed by atoms with Crippen LogP contribution in [0.15, 0.2) is 24.3 Å². The molecule has 0 bridgehead atoms. The molecule has 5 heteroatoms. The number of likely N-dealkylation sites (tertiary alicyclic amines) is 1. The van der Waals surface area contributed by atoms with E-state index in [1.54, 1.807) is 4.90 Å². The van der Waals surface area contributed by atoms with Crippen molar-refractivity contribution < 1.29 is 9.59 Å². The predicted molar refractivity (Wildman–Crippen MR) is 78.0 cm³/mol. The van der Waals surface area contributed by atoms with E-state index in [1.807, 2.05) is 24.3 Å². The van der Waals surface area contributed by atoms with Gasteiger partial charge in [-0.3, -0.25) is 9.59 Å². The molecule has 2 amide bonds. The van der Waals surface area contributed by atoms with Crippen LogP contribution in [0.3, 0.4) is 0 Å². The molecule has 2 rings (SSSR count). The van der Waals surface area contributed by atoms with E-state index in [-0.39, 0.29) is 24.2 Å². The fourth-order valence-corrected chi connectivity index (χ4v) is 2.70. The highest BCUT2D eigenvalue weighted by Gasteiger charge is 2.27. The highest BCUT2D eigenvalue weighted by Crippen LogP contribution is 2.18. The molecule has 110 valence electrons. The third kappa shape index (κ3) is 3.82. The van der Waals surface area contributed by atoms with Crippen molar-refractivity contribution in [1.29, 1.82) is 5.26 Å². The molecule has 0 aromatic heterocycles. The van der Waals surface area contributed by atoms with E-state index in [0.29, 0.717) is 19.5 Å². The van der Waals surface area contributed by atoms with Crippen LogP contribution in [0.4, 0.5) is 0 Å². The molecule has 1 aliphatic heterocycles. The SMILES string of the molecule is N#CCc1ccccc1CC(=O)N1CCC[C@H](C(N)=O)C1. The summed E-state index contributed by atoms with van der Waals surface area (Å²) in [7, 11) is 0. The standard InChI is InChI=1S/C16H19N3O2/c17-8-7-12-4-1-2-5-13(12)10-15(20)19-9-3-6-14(11-19)16(18)21/h1-2,4-5,14H,3,6-7,9-11H2,(H2,18,21)/t14-/m0/s1. The van der Waals surface area contributed by atoms with Crippen LogP contribution in [-0.2, 0) is 22.4 Å². The molecule has 0 unspecified atom stereocenters. The van der Waals surface area contributed by atoms with E-state index in [9.17, 15) is 9.59 Å². The predicted octanol–water partition coefficient (Wildman–Crippen LogP) is 1.02. The second-order valence-electron chi connectivity index (χ2n) is 5.36. The molecule has 0 aliphatic carbocycles. The van der Waals surface area contributed by atoms with Gasteiger partial charge in [-0.05, 0) is 24.0 Å². The van der Waals surface area contributed by atoms with Gasteiger partial charge in [-0.15, -0.1) is 0 Å². The van der Waals surface area contributed by atoms with Gasteiger partial charge in [0.15, 0.2) is 0 Å². The molecular weight excluding hydrogens is 266 g/mol. The number of carbonyl (C=O) groups is 2. The number of nitrogens with zero attached hydrogens (tertiary/aromatic N) is 2. The number of benzene rings is 1. The summed E-state index contributed by atoms with van der Waals surface area (Å²) < 4.78 is 0. The first-order chi connectivity index (χ1) is 10.1. The molecule has 1 atom stereocenters. The summed E-state index contributed by atoms with van der Waals surface area (Å²) in [5.41, 5.74) is 7.10. The van der Waals surface area contributed by atoms with Crippen LogP contribution in [0, 0.1) is 17.2 Å². The lowest BCUT2D eigenvalue weighted by Gasteiger charge is -2.31. The van der Waals surface area contributed by atoms with Gasteiger partial charge in [-0.2, -0.15) is 5.26 Å². The number of hydrogen-bond acceptors (Lipinski definition) is 3. The van der Waals surface area contributed by atoms with Crippen molar-refractivity contribution in [1.82, 2.24) is 4.90 Å². The fraction of sp³-hybridized carbons (Fsp3) is 0.438. The maximum Gasteiger partial charge on any atom is 0.227 e. The molecule has 1 fully saturated rings. The van der Waals surface area contributed by atoms with Crippen molar-refractivity contribution in [2.75, 3.05) is 13.1 Å². The molecule has 1 aromatic rings. The van der Waals surface area contributed by atoms with Gasteiger partial charge in [0.25, 0.3) is 0 Å². The summed E-state index contributed by atoms with van der Waals surface area (Å²) in [5, 5.41) is 8.83. The number of piperidine rings is 1. The first-order valence-electron chi connectivity index (χ1n) is 7.12. The Morgan fingerprint density at radius 1 is 1.33 bits per heavy atom. The van der Waals surface area contributed by atoms with Crippen LogP contribution < -0.4 is 5.73 Å². The molecule has 1 aliphatic rings. The second kappa shape index (κ2) is 6.89. The maximum absolute atomic E-state index is 12.4. The van der Waals surface area contributed by atoms with E-state index < -0.39 is 0 Å². The van der Waals surface area contributed by atoms with E-state index in [2.05, 4.69) is 6.07 Å². The van der Waals surface area contributed by atoms with Gasteiger partial charge in [-0.1, -0.05) is 24.3 Å². The molecule has 1 saturated heterocycles. The Kier molecular flexibility index (Phi) is 4.94. The van der Waals surface area contributed by atoms with Crippen LogP contribution in [0.25, 0.3) is 0 Å². The lowest BCUT2D eigenvalue weighted by Crippen LogP contribution is -2.44. The average Bonchev–Trinajstić information content (AvgIpc) is 2.49. The quantitative estimate of drug-likeness (QED) is 0.896. The summed E-state index contributed by atoms with van der Waals surface area (Å²) in [5.74, 6) is -0.583. The fourth-order valence-electron chi connectivity index (χ4n) is 2.70. The number of primary amides is 1. The molecule has 1 heterocycles. The van der Waals surface area contributed by atoms with Crippen LogP contribution in [0.5, 0.6) is 0 Å². The number of nitrogens with two attached hydrogens (primary N) is 1. The van der Waals surface area contributed by atoms with E-state index >= 15 is 0 Å². The normalized spacial score (nSPS) is 18.0. The maximum atomic E-state index is 12.4. The number of carbonyl (C=O) groups excluding carboxylic acids is 2. The molecule has 0 saturated carbocycles. The zero-order chi connectivity index (χ0) is 15.2. The summed E-state index contributed by atoms with van der Waals surface area (Å²) >= 11 is 0. The first-order valence-corrected chi connectivity index (χ1v) is 7.12. The number of nitriles is 1. The lowest BCUT2D eigenvalue weighted by molar-refractivity contribution is -0.134. The molecule has 0 spiro atoms. The summed E-state index contributed by atoms with van der Waals surface area (Å²) in [4.78, 5) is 25.4. The van der Waals surface area contributed by atoms with Crippen LogP contribution in [0.1, 0.15) is 24.0 Å². The van der Waals surface area contributed by atoms with Gasteiger partial charge in [0.1, 0.15) is 0 Å². The van der Waals surface area contributed by atoms with Crippen molar-refractivity contribution in [2.24, 2.45) is 11.7 Å². The highest BCUT2D eigenvalue weighted by molar-refractivity contribution is 5.81. The number of amides is 2. The Hall–Kier alpha value is -2.35. The number of rotatable bonds is 4. The van der Waals surface area contributed by atoms with Crippen molar-refractivity contribution in [3.05, 3.63) is 35.4 Å². The van der Waals surface area contributed by atoms with Gasteiger partial charge >= 0.3 is 0 Å². The molecule has 0 radical (unpaired) electrons. The third-order valence-corrected chi connectivity index (χ3v) is 3.91. The summed E-state index contributed by atoms with van der Waals surface area (Å²) in [6.07, 6.45) is 2.13. The Morgan fingerprint density at radius 3 is 2.71 bits per heavy atom. The van der Waals surface area contributed by atoms with Crippen molar-refractivity contribution in [3.8, 4) is 6.07 Å². The van der Waals surface area contributed by atoms with E-state index in [1.165, 1.54) is 0 Å². The van der Waals surface area contributed by atoms with Crippen LogP contribution in [0.2, 0.25) is 0 Å². The van der Waals surface area contributed by atoms with Crippen LogP contribution in [-0.4, -0.2) is 29.8 Å². The monoisotopic (exact) mass is 285 g/mol. The van der Waals surface area contributed by atoms with Crippen LogP contribution >= 0.6 is 0 Å². The largest absolute Gasteiger partial charge is 0.369 e. The first kappa shape index (κ1) is 15.0. The molecular formula is C16H19N3O2. The minimum atomic E-state index is -0.336. The second-order valence-corrected chi connectivity index (χ2v) is 5.36. The minimum absolute atomic E-state index is 0.00802. The molecule has 5 nitrogen and oxygen atoms in total. The van der Waals surface area contributed by atoms with E-state index in [4.69, 9.17) is 11.0 Å². The topological polar surface area (TPSA) is 87.2 Å². The van der Waals surface area contributed by atoms with E-state index in [0.717, 1.165) is 24.0 Å². The van der Waals surface area contributed by atoms with Crippen molar-refractivity contribution in [3.63, 3.8) is 0 Å². The van der Waals surface area contributed by atoms with Gasteiger partial charge in [0, 0.05) is 13.1 Å². The Bertz CT molecular complexity index is 577. The van der Waals surface area contributed by atoms with Gasteiger partial charge in [-0.25, -0.2) is 0 Å². The number of hydrogen-bond donors (Lipinski definition) is 1. The van der Waals surface area contributed by atoms with Crippen molar-refractivity contribution in [2.45, 2.75) is 25.7 Å². The Morgan fingerprint density at radius 2 is 2.05 bits per heavy atom. The Balaban J connectivity index is 2.04. The third-order valence-electron chi connectivity index (χ3n) is 3.91. The van der Waals surface area contributed by atoms with Gasteiger partial charge in [0.05, 0.1) is 24.8 Å². The highest BCUT2D eigenvalue weighted by atomic mass is 16.2. The van der Waals surface area contributed by atoms with Gasteiger partial charge in [0.2, 0.25) is 11.8 Å². The Labute approximate surface area is 124 Å². The minimum Gasteiger partial charge on any atom is -0.369 e. The molecule has 1 aromatic carbocycles.